The fraction of sp³-hybridized carbons (Fsp3) is 0.921. The maximum Gasteiger partial charge on any atom is 0.220 e. The molecule has 42 heavy (non-hydrogen) atoms. The molecule has 0 heterocycles. The molecule has 0 aliphatic heterocycles. The zero-order valence-electron chi connectivity index (χ0n) is 28.5. The van der Waals surface area contributed by atoms with Crippen molar-refractivity contribution >= 4 is 5.91 Å². The molecular formula is C38H75NO3. The number of rotatable bonds is 34. The van der Waals surface area contributed by atoms with Crippen molar-refractivity contribution in [2.45, 2.75) is 219 Å². The molecule has 0 aliphatic carbocycles. The van der Waals surface area contributed by atoms with Crippen molar-refractivity contribution in [2.75, 3.05) is 6.61 Å². The smallest absolute Gasteiger partial charge is 0.220 e. The predicted molar refractivity (Wildman–Crippen MR) is 184 cm³/mol. The van der Waals surface area contributed by atoms with Gasteiger partial charge in [0.1, 0.15) is 0 Å². The van der Waals surface area contributed by atoms with Crippen molar-refractivity contribution in [1.29, 1.82) is 0 Å². The molecule has 3 N–H and O–H groups in total. The summed E-state index contributed by atoms with van der Waals surface area (Å²) in [5.41, 5.74) is 0. The minimum atomic E-state index is -0.831. The maximum absolute atomic E-state index is 12.3. The topological polar surface area (TPSA) is 69.6 Å². The highest BCUT2D eigenvalue weighted by molar-refractivity contribution is 5.76. The molecule has 0 aromatic heterocycles. The van der Waals surface area contributed by atoms with E-state index in [2.05, 4.69) is 19.2 Å². The summed E-state index contributed by atoms with van der Waals surface area (Å²) in [6.07, 6.45) is 41.6. The Hall–Kier alpha value is -0.870. The molecule has 0 aliphatic rings. The minimum Gasteiger partial charge on any atom is -0.394 e. The molecule has 0 radical (unpaired) electrons. The van der Waals surface area contributed by atoms with E-state index in [0.717, 1.165) is 25.7 Å². The number of aliphatic hydroxyl groups is 2. The molecule has 250 valence electrons. The van der Waals surface area contributed by atoms with Gasteiger partial charge in [0.05, 0.1) is 18.8 Å². The number of nitrogens with one attached hydrogen (secondary N) is 1. The number of allylic oxidation sites excluding steroid dienone is 1. The van der Waals surface area contributed by atoms with Crippen molar-refractivity contribution in [2.24, 2.45) is 0 Å². The molecule has 0 bridgehead atoms. The van der Waals surface area contributed by atoms with Gasteiger partial charge >= 0.3 is 0 Å². The zero-order valence-corrected chi connectivity index (χ0v) is 28.5. The summed E-state index contributed by atoms with van der Waals surface area (Å²) < 4.78 is 0. The molecule has 0 aromatic carbocycles. The highest BCUT2D eigenvalue weighted by atomic mass is 16.3. The van der Waals surface area contributed by atoms with Crippen LogP contribution in [0.4, 0.5) is 0 Å². The highest BCUT2D eigenvalue weighted by Crippen LogP contribution is 2.15. The van der Waals surface area contributed by atoms with E-state index in [-0.39, 0.29) is 12.5 Å². The van der Waals surface area contributed by atoms with Gasteiger partial charge in [0.2, 0.25) is 5.91 Å². The lowest BCUT2D eigenvalue weighted by Crippen LogP contribution is -2.45. The molecule has 0 rings (SSSR count). The quantitative estimate of drug-likeness (QED) is 0.0513. The van der Waals surface area contributed by atoms with Crippen LogP contribution in [0.15, 0.2) is 12.2 Å². The van der Waals surface area contributed by atoms with Crippen molar-refractivity contribution < 1.29 is 15.0 Å². The first-order chi connectivity index (χ1) is 20.7. The first-order valence-electron chi connectivity index (χ1n) is 18.9. The summed E-state index contributed by atoms with van der Waals surface area (Å²) in [5, 5.41) is 22.8. The lowest BCUT2D eigenvalue weighted by atomic mass is 10.0. The lowest BCUT2D eigenvalue weighted by Gasteiger charge is -2.20. The summed E-state index contributed by atoms with van der Waals surface area (Å²) in [7, 11) is 0. The summed E-state index contributed by atoms with van der Waals surface area (Å²) in [6, 6.07) is -0.613. The normalized spacial score (nSPS) is 13.1. The minimum absolute atomic E-state index is 0.0630. The molecule has 0 aromatic rings. The number of amides is 1. The van der Waals surface area contributed by atoms with Gasteiger partial charge in [0.25, 0.3) is 0 Å². The number of aliphatic hydroxyl groups excluding tert-OH is 2. The van der Waals surface area contributed by atoms with Gasteiger partial charge in [-0.05, 0) is 19.3 Å². The van der Waals surface area contributed by atoms with E-state index >= 15 is 0 Å². The van der Waals surface area contributed by atoms with Crippen LogP contribution >= 0.6 is 0 Å². The molecular weight excluding hydrogens is 518 g/mol. The molecule has 0 saturated heterocycles. The van der Waals surface area contributed by atoms with Gasteiger partial charge in [-0.1, -0.05) is 193 Å². The van der Waals surface area contributed by atoms with Gasteiger partial charge in [-0.3, -0.25) is 4.79 Å². The van der Waals surface area contributed by atoms with Gasteiger partial charge in [0, 0.05) is 6.42 Å². The lowest BCUT2D eigenvalue weighted by molar-refractivity contribution is -0.123. The Labute approximate surface area is 263 Å². The van der Waals surface area contributed by atoms with Crippen LogP contribution in [-0.4, -0.2) is 34.9 Å². The summed E-state index contributed by atoms with van der Waals surface area (Å²) in [6.45, 7) is 4.29. The monoisotopic (exact) mass is 594 g/mol. The highest BCUT2D eigenvalue weighted by Gasteiger charge is 2.17. The molecule has 4 heteroatoms. The Morgan fingerprint density at radius 3 is 1.24 bits per heavy atom. The van der Waals surface area contributed by atoms with Crippen LogP contribution in [0.2, 0.25) is 0 Å². The van der Waals surface area contributed by atoms with Crippen LogP contribution in [0.3, 0.4) is 0 Å². The predicted octanol–water partition coefficient (Wildman–Crippen LogP) is 11.1. The van der Waals surface area contributed by atoms with Gasteiger partial charge < -0.3 is 15.5 Å². The van der Waals surface area contributed by atoms with E-state index in [1.54, 1.807) is 6.08 Å². The van der Waals surface area contributed by atoms with E-state index < -0.39 is 12.1 Å². The van der Waals surface area contributed by atoms with Gasteiger partial charge in [0.15, 0.2) is 0 Å². The van der Waals surface area contributed by atoms with Crippen LogP contribution in [0.25, 0.3) is 0 Å². The maximum atomic E-state index is 12.3. The Bertz CT molecular complexity index is 565. The second-order valence-corrected chi connectivity index (χ2v) is 13.0. The van der Waals surface area contributed by atoms with E-state index in [9.17, 15) is 15.0 Å². The van der Waals surface area contributed by atoms with Gasteiger partial charge in [-0.25, -0.2) is 0 Å². The van der Waals surface area contributed by atoms with E-state index in [1.807, 2.05) is 6.08 Å². The third kappa shape index (κ3) is 30.6. The molecule has 0 saturated carbocycles. The Kier molecular flexibility index (Phi) is 33.9. The van der Waals surface area contributed by atoms with E-state index in [0.29, 0.717) is 6.42 Å². The average Bonchev–Trinajstić information content (AvgIpc) is 2.99. The largest absolute Gasteiger partial charge is 0.394 e. The van der Waals surface area contributed by atoms with Crippen LogP contribution in [0.5, 0.6) is 0 Å². The number of hydrogen-bond acceptors (Lipinski definition) is 3. The van der Waals surface area contributed by atoms with Crippen molar-refractivity contribution in [3.63, 3.8) is 0 Å². The second kappa shape index (κ2) is 34.6. The number of unbranched alkanes of at least 4 members (excludes halogenated alkanes) is 27. The van der Waals surface area contributed by atoms with Crippen LogP contribution in [-0.2, 0) is 4.79 Å². The SMILES string of the molecule is CCCCCCCCCC/C=C/C(O)C(CO)NC(=O)CCCCCCCCCCCCCCCCCCCCCC. The number of carbonyl (C=O) groups is 1. The number of carbonyl (C=O) groups excluding carboxylic acids is 1. The Balaban J connectivity index is 3.51. The first-order valence-corrected chi connectivity index (χ1v) is 18.9. The molecule has 0 fully saturated rings. The second-order valence-electron chi connectivity index (χ2n) is 13.0. The average molecular weight is 594 g/mol. The number of hydrogen-bond donors (Lipinski definition) is 3. The molecule has 0 spiro atoms. The third-order valence-electron chi connectivity index (χ3n) is 8.77. The Morgan fingerprint density at radius 1 is 0.548 bits per heavy atom. The fourth-order valence-electron chi connectivity index (χ4n) is 5.82. The third-order valence-corrected chi connectivity index (χ3v) is 8.77. The standard InChI is InChI=1S/C38H75NO3/c1-3-5-7-9-11-13-15-16-17-18-19-20-21-22-23-24-26-28-30-32-34-38(42)39-36(35-40)37(41)33-31-29-27-25-14-12-10-8-6-4-2/h31,33,36-37,40-41H,3-30,32,34-35H2,1-2H3,(H,39,42)/b33-31+. The fourth-order valence-corrected chi connectivity index (χ4v) is 5.82. The van der Waals surface area contributed by atoms with Gasteiger partial charge in [-0.15, -0.1) is 0 Å². The van der Waals surface area contributed by atoms with Crippen LogP contribution in [0.1, 0.15) is 206 Å². The van der Waals surface area contributed by atoms with Gasteiger partial charge in [-0.2, -0.15) is 0 Å². The summed E-state index contributed by atoms with van der Waals surface area (Å²) in [4.78, 5) is 12.3. The van der Waals surface area contributed by atoms with E-state index in [1.165, 1.54) is 161 Å². The summed E-state index contributed by atoms with van der Waals surface area (Å²) in [5.74, 6) is -0.0630. The van der Waals surface area contributed by atoms with Crippen molar-refractivity contribution in [1.82, 2.24) is 5.32 Å². The van der Waals surface area contributed by atoms with E-state index in [4.69, 9.17) is 0 Å². The van der Waals surface area contributed by atoms with Crippen LogP contribution < -0.4 is 5.32 Å². The molecule has 2 atom stereocenters. The first kappa shape index (κ1) is 41.1. The van der Waals surface area contributed by atoms with Crippen molar-refractivity contribution in [3.05, 3.63) is 12.2 Å². The van der Waals surface area contributed by atoms with Crippen LogP contribution in [0, 0.1) is 0 Å². The molecule has 4 nitrogen and oxygen atoms in total. The molecule has 1 amide bonds. The zero-order chi connectivity index (χ0) is 30.8. The molecule has 2 unspecified atom stereocenters. The Morgan fingerprint density at radius 2 is 0.881 bits per heavy atom. The summed E-state index contributed by atoms with van der Waals surface area (Å²) >= 11 is 0. The van der Waals surface area contributed by atoms with Crippen molar-refractivity contribution in [3.8, 4) is 0 Å².